The molecular formula is C25H21Cl3N4OS. The fourth-order valence-corrected chi connectivity index (χ4v) is 5.66. The molecule has 34 heavy (non-hydrogen) atoms. The maximum atomic E-state index is 13.2. The minimum atomic E-state index is -0.172. The number of carbonyl (C=O) groups is 1. The monoisotopic (exact) mass is 530 g/mol. The molecular weight excluding hydrogens is 511 g/mol. The second-order valence-corrected chi connectivity index (χ2v) is 10.6. The van der Waals surface area contributed by atoms with Crippen molar-refractivity contribution in [2.45, 2.75) is 19.5 Å². The Morgan fingerprint density at radius 1 is 1.15 bits per heavy atom. The lowest BCUT2D eigenvalue weighted by molar-refractivity contribution is 0.240. The molecule has 1 aliphatic rings. The summed E-state index contributed by atoms with van der Waals surface area (Å²) in [6, 6.07) is 13.3. The van der Waals surface area contributed by atoms with Gasteiger partial charge in [0, 0.05) is 53.2 Å². The molecule has 0 radical (unpaired) electrons. The summed E-state index contributed by atoms with van der Waals surface area (Å²) in [5.41, 5.74) is 4.07. The third-order valence-electron chi connectivity index (χ3n) is 5.89. The van der Waals surface area contributed by atoms with E-state index in [1.165, 1.54) is 11.3 Å². The van der Waals surface area contributed by atoms with Gasteiger partial charge in [-0.25, -0.2) is 9.78 Å². The number of nitrogens with one attached hydrogen (secondary N) is 1. The van der Waals surface area contributed by atoms with Gasteiger partial charge in [-0.3, -0.25) is 9.47 Å². The largest absolute Gasteiger partial charge is 0.332 e. The molecule has 9 heteroatoms. The Morgan fingerprint density at radius 2 is 1.97 bits per heavy atom. The lowest BCUT2D eigenvalue weighted by atomic mass is 10.0. The summed E-state index contributed by atoms with van der Waals surface area (Å²) in [6.45, 7) is 2.76. The van der Waals surface area contributed by atoms with E-state index in [0.29, 0.717) is 16.0 Å². The summed E-state index contributed by atoms with van der Waals surface area (Å²) >= 11 is 19.9. The lowest BCUT2D eigenvalue weighted by Gasteiger charge is -2.27. The first kappa shape index (κ1) is 23.4. The highest BCUT2D eigenvalue weighted by Crippen LogP contribution is 2.35. The SMILES string of the molecule is O=C(NCc1cnc(Cl)s1)n1c2c(c3c(Cl)cccc31)CN(CC=Cc1ccc(Cl)cc1)CC2. The van der Waals surface area contributed by atoms with Crippen molar-refractivity contribution in [2.75, 3.05) is 13.1 Å². The fraction of sp³-hybridized carbons (Fsp3) is 0.200. The number of aromatic nitrogens is 2. The smallest absolute Gasteiger partial charge is 0.326 e. The molecule has 2 aromatic carbocycles. The van der Waals surface area contributed by atoms with Gasteiger partial charge < -0.3 is 5.32 Å². The summed E-state index contributed by atoms with van der Waals surface area (Å²) in [4.78, 5) is 20.5. The van der Waals surface area contributed by atoms with Gasteiger partial charge in [-0.2, -0.15) is 0 Å². The molecule has 1 N–H and O–H groups in total. The third-order valence-corrected chi connectivity index (χ3v) is 7.57. The molecule has 0 fully saturated rings. The van der Waals surface area contributed by atoms with E-state index < -0.39 is 0 Å². The van der Waals surface area contributed by atoms with Crippen LogP contribution >= 0.6 is 46.1 Å². The van der Waals surface area contributed by atoms with E-state index in [-0.39, 0.29) is 6.03 Å². The summed E-state index contributed by atoms with van der Waals surface area (Å²) in [7, 11) is 0. The molecule has 0 aliphatic carbocycles. The van der Waals surface area contributed by atoms with E-state index in [1.807, 2.05) is 42.5 Å². The zero-order chi connectivity index (χ0) is 23.7. The Labute approximate surface area is 216 Å². The van der Waals surface area contributed by atoms with E-state index >= 15 is 0 Å². The molecule has 1 amide bonds. The highest BCUT2D eigenvalue weighted by Gasteiger charge is 2.27. The Bertz CT molecular complexity index is 1380. The fourth-order valence-electron chi connectivity index (χ4n) is 4.33. The number of amides is 1. The van der Waals surface area contributed by atoms with Crippen LogP contribution in [0.3, 0.4) is 0 Å². The molecule has 0 saturated carbocycles. The number of halogens is 3. The van der Waals surface area contributed by atoms with Crippen molar-refractivity contribution in [2.24, 2.45) is 0 Å². The summed E-state index contributed by atoms with van der Waals surface area (Å²) in [5.74, 6) is 0. The summed E-state index contributed by atoms with van der Waals surface area (Å²) in [6.07, 6.45) is 6.70. The normalized spacial score (nSPS) is 14.1. The lowest BCUT2D eigenvalue weighted by Crippen LogP contribution is -2.34. The van der Waals surface area contributed by atoms with Crippen LogP contribution in [-0.4, -0.2) is 33.6 Å². The Hall–Kier alpha value is -2.35. The first-order valence-corrected chi connectivity index (χ1v) is 12.8. The molecule has 4 aromatic rings. The van der Waals surface area contributed by atoms with Crippen LogP contribution in [-0.2, 0) is 19.5 Å². The van der Waals surface area contributed by atoms with Crippen LogP contribution in [0.15, 0.2) is 54.7 Å². The van der Waals surface area contributed by atoms with E-state index in [1.54, 1.807) is 10.8 Å². The third kappa shape index (κ3) is 4.88. The van der Waals surface area contributed by atoms with Gasteiger partial charge in [0.25, 0.3) is 0 Å². The first-order chi connectivity index (χ1) is 16.5. The van der Waals surface area contributed by atoms with Crippen molar-refractivity contribution in [3.63, 3.8) is 0 Å². The topological polar surface area (TPSA) is 50.2 Å². The molecule has 3 heterocycles. The van der Waals surface area contributed by atoms with Crippen molar-refractivity contribution >= 4 is 69.1 Å². The molecule has 0 bridgehead atoms. The molecule has 0 atom stereocenters. The second-order valence-electron chi connectivity index (χ2n) is 8.07. The number of rotatable bonds is 5. The van der Waals surface area contributed by atoms with Crippen LogP contribution in [0, 0.1) is 0 Å². The van der Waals surface area contributed by atoms with Crippen LogP contribution < -0.4 is 5.32 Å². The minimum Gasteiger partial charge on any atom is -0.332 e. The van der Waals surface area contributed by atoms with E-state index in [4.69, 9.17) is 34.8 Å². The van der Waals surface area contributed by atoms with Gasteiger partial charge in [0.15, 0.2) is 4.47 Å². The van der Waals surface area contributed by atoms with Crippen molar-refractivity contribution in [3.05, 3.63) is 90.9 Å². The van der Waals surface area contributed by atoms with Gasteiger partial charge in [-0.15, -0.1) is 11.3 Å². The molecule has 174 valence electrons. The van der Waals surface area contributed by atoms with Crippen LogP contribution in [0.25, 0.3) is 17.0 Å². The number of hydrogen-bond acceptors (Lipinski definition) is 4. The summed E-state index contributed by atoms with van der Waals surface area (Å²) in [5, 5.41) is 5.34. The minimum absolute atomic E-state index is 0.172. The Kier molecular flexibility index (Phi) is 6.95. The summed E-state index contributed by atoms with van der Waals surface area (Å²) < 4.78 is 2.24. The van der Waals surface area contributed by atoms with Gasteiger partial charge in [0.2, 0.25) is 0 Å². The van der Waals surface area contributed by atoms with Crippen LogP contribution in [0.1, 0.15) is 21.7 Å². The Morgan fingerprint density at radius 3 is 2.74 bits per heavy atom. The molecule has 1 aliphatic heterocycles. The highest BCUT2D eigenvalue weighted by molar-refractivity contribution is 7.15. The Balaban J connectivity index is 1.38. The first-order valence-electron chi connectivity index (χ1n) is 10.8. The van der Waals surface area contributed by atoms with Crippen molar-refractivity contribution in [3.8, 4) is 0 Å². The number of carbonyl (C=O) groups excluding carboxylic acids is 1. The zero-order valence-corrected chi connectivity index (χ0v) is 21.2. The predicted octanol–water partition coefficient (Wildman–Crippen LogP) is 6.89. The van der Waals surface area contributed by atoms with Crippen molar-refractivity contribution in [1.29, 1.82) is 0 Å². The molecule has 0 unspecified atom stereocenters. The van der Waals surface area contributed by atoms with Crippen LogP contribution in [0.4, 0.5) is 4.79 Å². The maximum Gasteiger partial charge on any atom is 0.326 e. The average Bonchev–Trinajstić information content (AvgIpc) is 3.40. The standard InChI is InChI=1S/C25H21Cl3N4OS/c26-17-8-6-16(7-9-17)3-2-11-31-12-10-21-19(15-31)23-20(27)4-1-5-22(23)32(21)25(33)30-14-18-13-29-24(28)34-18/h1-9,13H,10-12,14-15H2,(H,30,33). The van der Waals surface area contributed by atoms with Gasteiger partial charge in [0.05, 0.1) is 17.1 Å². The number of nitrogens with zero attached hydrogens (tertiary/aromatic N) is 3. The molecule has 0 spiro atoms. The van der Waals surface area contributed by atoms with Gasteiger partial charge in [-0.05, 0) is 35.4 Å². The maximum absolute atomic E-state index is 13.2. The number of fused-ring (bicyclic) bond motifs is 3. The second kappa shape index (κ2) is 10.1. The van der Waals surface area contributed by atoms with Gasteiger partial charge in [-0.1, -0.05) is 65.2 Å². The number of benzene rings is 2. The van der Waals surface area contributed by atoms with Crippen molar-refractivity contribution in [1.82, 2.24) is 19.8 Å². The zero-order valence-electron chi connectivity index (χ0n) is 18.1. The highest BCUT2D eigenvalue weighted by atomic mass is 35.5. The van der Waals surface area contributed by atoms with Crippen LogP contribution in [0.2, 0.25) is 14.5 Å². The molecule has 5 nitrogen and oxygen atoms in total. The van der Waals surface area contributed by atoms with Crippen LogP contribution in [0.5, 0.6) is 0 Å². The molecule has 5 rings (SSSR count). The predicted molar refractivity (Wildman–Crippen MR) is 141 cm³/mol. The number of thiazole rings is 1. The molecule has 0 saturated heterocycles. The average molecular weight is 532 g/mol. The van der Waals surface area contributed by atoms with Gasteiger partial charge in [0.1, 0.15) is 0 Å². The van der Waals surface area contributed by atoms with Crippen molar-refractivity contribution < 1.29 is 4.79 Å². The molecule has 2 aromatic heterocycles. The van der Waals surface area contributed by atoms with E-state index in [0.717, 1.165) is 63.7 Å². The quantitative estimate of drug-likeness (QED) is 0.305. The number of hydrogen-bond donors (Lipinski definition) is 1. The van der Waals surface area contributed by atoms with E-state index in [9.17, 15) is 4.79 Å². The van der Waals surface area contributed by atoms with E-state index in [2.05, 4.69) is 27.4 Å². The van der Waals surface area contributed by atoms with Gasteiger partial charge >= 0.3 is 6.03 Å².